The molecule has 1 aromatic rings. The van der Waals surface area contributed by atoms with Crippen LogP contribution in [0.15, 0.2) is 12.3 Å². The molecule has 1 amide bonds. The molecule has 0 saturated heterocycles. The number of nitrogens with one attached hydrogen (secondary N) is 1. The van der Waals surface area contributed by atoms with Crippen LogP contribution in [-0.2, 0) is 11.8 Å². The molecule has 4 nitrogen and oxygen atoms in total. The third-order valence-corrected chi connectivity index (χ3v) is 1.67. The Labute approximate surface area is 84.3 Å². The van der Waals surface area contributed by atoms with Gasteiger partial charge in [-0.1, -0.05) is 20.8 Å². The van der Waals surface area contributed by atoms with Crippen molar-refractivity contribution in [3.63, 3.8) is 0 Å². The fourth-order valence-corrected chi connectivity index (χ4v) is 1.15. The molecule has 0 bridgehead atoms. The topological polar surface area (TPSA) is 46.9 Å². The van der Waals surface area contributed by atoms with Crippen LogP contribution in [0.1, 0.15) is 27.2 Å². The first-order valence-corrected chi connectivity index (χ1v) is 4.66. The highest BCUT2D eigenvalue weighted by Gasteiger charge is 2.16. The minimum absolute atomic E-state index is 0.0104. The number of hydrogen-bond donors (Lipinski definition) is 1. The first-order chi connectivity index (χ1) is 6.37. The van der Waals surface area contributed by atoms with Crippen molar-refractivity contribution in [1.82, 2.24) is 9.78 Å². The molecule has 78 valence electrons. The number of carbonyl (C=O) groups excluding carboxylic acids is 1. The molecule has 0 saturated carbocycles. The van der Waals surface area contributed by atoms with Gasteiger partial charge in [0.25, 0.3) is 0 Å². The van der Waals surface area contributed by atoms with Crippen LogP contribution >= 0.6 is 0 Å². The lowest BCUT2D eigenvalue weighted by Gasteiger charge is -2.16. The SMILES string of the molecule is Cn1ccc(NC(=O)CC(C)(C)C)n1. The van der Waals surface area contributed by atoms with Crippen LogP contribution in [0.5, 0.6) is 0 Å². The van der Waals surface area contributed by atoms with Crippen LogP contribution in [0.25, 0.3) is 0 Å². The Bertz CT molecular complexity index is 322. The molecule has 1 rings (SSSR count). The Balaban J connectivity index is 2.50. The second-order valence-corrected chi connectivity index (χ2v) is 4.66. The van der Waals surface area contributed by atoms with Gasteiger partial charge in [-0.25, -0.2) is 0 Å². The Kier molecular flexibility index (Phi) is 2.93. The number of nitrogens with zero attached hydrogens (tertiary/aromatic N) is 2. The maximum Gasteiger partial charge on any atom is 0.226 e. The highest BCUT2D eigenvalue weighted by molar-refractivity contribution is 5.90. The smallest absolute Gasteiger partial charge is 0.226 e. The standard InChI is InChI=1S/C10H17N3O/c1-10(2,3)7-9(14)11-8-5-6-13(4)12-8/h5-6H,7H2,1-4H3,(H,11,12,14). The Morgan fingerprint density at radius 2 is 2.21 bits per heavy atom. The molecule has 0 atom stereocenters. The van der Waals surface area contributed by atoms with Gasteiger partial charge in [-0.3, -0.25) is 9.48 Å². The van der Waals surface area contributed by atoms with E-state index in [-0.39, 0.29) is 11.3 Å². The van der Waals surface area contributed by atoms with Crippen molar-refractivity contribution in [2.75, 3.05) is 5.32 Å². The number of amides is 1. The van der Waals surface area contributed by atoms with Crippen molar-refractivity contribution in [3.8, 4) is 0 Å². The average Bonchev–Trinajstić information content (AvgIpc) is 2.30. The highest BCUT2D eigenvalue weighted by Crippen LogP contribution is 2.18. The van der Waals surface area contributed by atoms with Crippen LogP contribution in [-0.4, -0.2) is 15.7 Å². The van der Waals surface area contributed by atoms with Gasteiger partial charge in [0.1, 0.15) is 0 Å². The summed E-state index contributed by atoms with van der Waals surface area (Å²) in [5, 5.41) is 6.81. The number of hydrogen-bond acceptors (Lipinski definition) is 2. The predicted molar refractivity (Wildman–Crippen MR) is 55.9 cm³/mol. The van der Waals surface area contributed by atoms with Gasteiger partial charge < -0.3 is 5.32 Å². The van der Waals surface area contributed by atoms with Crippen molar-refractivity contribution in [2.24, 2.45) is 12.5 Å². The van der Waals surface area contributed by atoms with Crippen LogP contribution in [0.4, 0.5) is 5.82 Å². The summed E-state index contributed by atoms with van der Waals surface area (Å²) >= 11 is 0. The number of anilines is 1. The van der Waals surface area contributed by atoms with Gasteiger partial charge in [0.15, 0.2) is 5.82 Å². The number of aryl methyl sites for hydroxylation is 1. The lowest BCUT2D eigenvalue weighted by Crippen LogP contribution is -2.19. The summed E-state index contributed by atoms with van der Waals surface area (Å²) in [6.45, 7) is 6.10. The van der Waals surface area contributed by atoms with E-state index >= 15 is 0 Å². The van der Waals surface area contributed by atoms with E-state index in [0.29, 0.717) is 12.2 Å². The highest BCUT2D eigenvalue weighted by atomic mass is 16.1. The molecule has 0 fully saturated rings. The molecule has 4 heteroatoms. The molecule has 1 N–H and O–H groups in total. The van der Waals surface area contributed by atoms with E-state index in [1.807, 2.05) is 27.8 Å². The largest absolute Gasteiger partial charge is 0.309 e. The predicted octanol–water partition coefficient (Wildman–Crippen LogP) is 1.79. The summed E-state index contributed by atoms with van der Waals surface area (Å²) in [5.41, 5.74) is 0.0128. The first kappa shape index (κ1) is 10.8. The van der Waals surface area contributed by atoms with Crippen LogP contribution in [0, 0.1) is 5.41 Å². The molecule has 0 aliphatic carbocycles. The Morgan fingerprint density at radius 1 is 1.57 bits per heavy atom. The molecule has 1 aromatic heterocycles. The first-order valence-electron chi connectivity index (χ1n) is 4.66. The van der Waals surface area contributed by atoms with E-state index in [0.717, 1.165) is 0 Å². The van der Waals surface area contributed by atoms with E-state index in [9.17, 15) is 4.79 Å². The second kappa shape index (κ2) is 3.82. The van der Waals surface area contributed by atoms with Crippen molar-refractivity contribution in [3.05, 3.63) is 12.3 Å². The number of carbonyl (C=O) groups is 1. The maximum atomic E-state index is 11.5. The molecule has 0 aromatic carbocycles. The molecule has 0 radical (unpaired) electrons. The minimum Gasteiger partial charge on any atom is -0.309 e. The zero-order valence-electron chi connectivity index (χ0n) is 9.16. The summed E-state index contributed by atoms with van der Waals surface area (Å²) in [4.78, 5) is 11.5. The fraction of sp³-hybridized carbons (Fsp3) is 0.600. The van der Waals surface area contributed by atoms with Gasteiger partial charge >= 0.3 is 0 Å². The second-order valence-electron chi connectivity index (χ2n) is 4.66. The van der Waals surface area contributed by atoms with Gasteiger partial charge in [0, 0.05) is 25.7 Å². The molecular formula is C10H17N3O. The summed E-state index contributed by atoms with van der Waals surface area (Å²) in [6.07, 6.45) is 2.30. The van der Waals surface area contributed by atoms with E-state index in [1.54, 1.807) is 16.9 Å². The van der Waals surface area contributed by atoms with Gasteiger partial charge in [-0.05, 0) is 5.41 Å². The maximum absolute atomic E-state index is 11.5. The van der Waals surface area contributed by atoms with Crippen molar-refractivity contribution in [1.29, 1.82) is 0 Å². The third kappa shape index (κ3) is 3.60. The van der Waals surface area contributed by atoms with Crippen LogP contribution in [0.3, 0.4) is 0 Å². The van der Waals surface area contributed by atoms with Gasteiger partial charge in [0.2, 0.25) is 5.91 Å². The number of rotatable bonds is 2. The van der Waals surface area contributed by atoms with E-state index in [4.69, 9.17) is 0 Å². The number of aromatic nitrogens is 2. The minimum atomic E-state index is 0.0104. The van der Waals surface area contributed by atoms with Crippen LogP contribution in [0.2, 0.25) is 0 Å². The summed E-state index contributed by atoms with van der Waals surface area (Å²) in [6, 6.07) is 1.78. The van der Waals surface area contributed by atoms with Crippen molar-refractivity contribution in [2.45, 2.75) is 27.2 Å². The lowest BCUT2D eigenvalue weighted by molar-refractivity contribution is -0.117. The summed E-state index contributed by atoms with van der Waals surface area (Å²) < 4.78 is 1.66. The average molecular weight is 195 g/mol. The molecule has 0 aliphatic heterocycles. The molecule has 0 aliphatic rings. The normalized spacial score (nSPS) is 11.4. The summed E-state index contributed by atoms with van der Waals surface area (Å²) in [5.74, 6) is 0.623. The quantitative estimate of drug-likeness (QED) is 0.782. The zero-order valence-corrected chi connectivity index (χ0v) is 9.16. The van der Waals surface area contributed by atoms with Gasteiger partial charge in [-0.15, -0.1) is 0 Å². The molecule has 0 spiro atoms. The fourth-order valence-electron chi connectivity index (χ4n) is 1.15. The van der Waals surface area contributed by atoms with Crippen LogP contribution < -0.4 is 5.32 Å². The van der Waals surface area contributed by atoms with Gasteiger partial charge in [-0.2, -0.15) is 5.10 Å². The van der Waals surface area contributed by atoms with Crippen molar-refractivity contribution >= 4 is 11.7 Å². The van der Waals surface area contributed by atoms with Gasteiger partial charge in [0.05, 0.1) is 0 Å². The zero-order chi connectivity index (χ0) is 10.8. The molecule has 0 unspecified atom stereocenters. The monoisotopic (exact) mass is 195 g/mol. The summed E-state index contributed by atoms with van der Waals surface area (Å²) in [7, 11) is 1.82. The molecular weight excluding hydrogens is 178 g/mol. The Hall–Kier alpha value is -1.32. The van der Waals surface area contributed by atoms with E-state index in [1.165, 1.54) is 0 Å². The lowest BCUT2D eigenvalue weighted by atomic mass is 9.92. The molecule has 14 heavy (non-hydrogen) atoms. The molecule has 1 heterocycles. The third-order valence-electron chi connectivity index (χ3n) is 1.67. The van der Waals surface area contributed by atoms with E-state index < -0.39 is 0 Å². The van der Waals surface area contributed by atoms with E-state index in [2.05, 4.69) is 10.4 Å². The Morgan fingerprint density at radius 3 is 2.64 bits per heavy atom. The van der Waals surface area contributed by atoms with Crippen molar-refractivity contribution < 1.29 is 4.79 Å².